The van der Waals surface area contributed by atoms with Gasteiger partial charge in [-0.25, -0.2) is 0 Å². The molecule has 1 amide bonds. The van der Waals surface area contributed by atoms with Crippen molar-refractivity contribution in [2.45, 2.75) is 51.4 Å². The van der Waals surface area contributed by atoms with Crippen LogP contribution in [0.1, 0.15) is 56.9 Å². The van der Waals surface area contributed by atoms with Gasteiger partial charge < -0.3 is 19.7 Å². The number of anilines is 1. The molecule has 2 aliphatic carbocycles. The third-order valence-corrected chi connectivity index (χ3v) is 8.79. The molecule has 0 aromatic heterocycles. The summed E-state index contributed by atoms with van der Waals surface area (Å²) in [6.45, 7) is 1.93. The highest BCUT2D eigenvalue weighted by Gasteiger charge is 2.42. The number of nitrogens with zero attached hydrogens (tertiary/aromatic N) is 1. The monoisotopic (exact) mass is 646 g/mol. The molecule has 1 heterocycles. The molecule has 210 valence electrons. The molecule has 10 heteroatoms. The van der Waals surface area contributed by atoms with Crippen molar-refractivity contribution in [3.63, 3.8) is 0 Å². The zero-order chi connectivity index (χ0) is 28.6. The van der Waals surface area contributed by atoms with E-state index in [4.69, 9.17) is 32.7 Å². The smallest absolute Gasteiger partial charge is 0.262 e. The van der Waals surface area contributed by atoms with E-state index in [0.717, 1.165) is 42.6 Å². The van der Waals surface area contributed by atoms with Gasteiger partial charge in [-0.05, 0) is 84.4 Å². The molecule has 2 aromatic rings. The van der Waals surface area contributed by atoms with Gasteiger partial charge in [-0.3, -0.25) is 14.4 Å². The van der Waals surface area contributed by atoms with E-state index in [1.165, 1.54) is 0 Å². The van der Waals surface area contributed by atoms with Crippen molar-refractivity contribution in [2.75, 3.05) is 25.6 Å². The van der Waals surface area contributed by atoms with Crippen molar-refractivity contribution in [3.8, 4) is 11.5 Å². The average Bonchev–Trinajstić information content (AvgIpc) is 2.91. The number of ether oxygens (including phenoxy) is 2. The number of nitrogens with one attached hydrogen (secondary N) is 1. The molecule has 2 aromatic carbocycles. The summed E-state index contributed by atoms with van der Waals surface area (Å²) >= 11 is 15.6. The summed E-state index contributed by atoms with van der Waals surface area (Å²) in [7, 11) is 1.97. The fourth-order valence-corrected chi connectivity index (χ4v) is 6.62. The number of ketones is 2. The number of hydrogen-bond donors (Lipinski definition) is 1. The molecule has 40 heavy (non-hydrogen) atoms. The number of Topliss-reactive ketones (excluding diaryl/α,β-unsaturated/α-hetero) is 2. The van der Waals surface area contributed by atoms with Gasteiger partial charge >= 0.3 is 0 Å². The highest BCUT2D eigenvalue weighted by atomic mass is 79.9. The van der Waals surface area contributed by atoms with Crippen molar-refractivity contribution < 1.29 is 23.9 Å². The number of amides is 1. The van der Waals surface area contributed by atoms with Gasteiger partial charge in [-0.1, -0.05) is 23.2 Å². The predicted molar refractivity (Wildman–Crippen MR) is 158 cm³/mol. The number of carbonyl (C=O) groups excluding carboxylic acids is 3. The van der Waals surface area contributed by atoms with Gasteiger partial charge in [0, 0.05) is 54.0 Å². The molecule has 0 unspecified atom stereocenters. The zero-order valence-electron chi connectivity index (χ0n) is 22.2. The Morgan fingerprint density at radius 1 is 0.975 bits per heavy atom. The van der Waals surface area contributed by atoms with Gasteiger partial charge in [0.05, 0.1) is 21.1 Å². The van der Waals surface area contributed by atoms with Crippen LogP contribution in [0.4, 0.5) is 5.69 Å². The Bertz CT molecular complexity index is 1420. The second kappa shape index (κ2) is 12.0. The molecular formula is C30H29BrCl2N2O5. The molecule has 0 spiro atoms. The summed E-state index contributed by atoms with van der Waals surface area (Å²) in [5, 5.41) is 3.46. The van der Waals surface area contributed by atoms with Gasteiger partial charge in [-0.2, -0.15) is 0 Å². The number of halogens is 3. The van der Waals surface area contributed by atoms with Gasteiger partial charge in [0.2, 0.25) is 0 Å². The molecular weight excluding hydrogens is 619 g/mol. The number of rotatable bonds is 7. The maximum absolute atomic E-state index is 13.3. The number of carbonyl (C=O) groups is 3. The van der Waals surface area contributed by atoms with Gasteiger partial charge in [0.15, 0.2) is 29.7 Å². The fraction of sp³-hybridized carbons (Fsp3) is 0.367. The molecule has 1 aliphatic heterocycles. The Hall–Kier alpha value is -2.81. The van der Waals surface area contributed by atoms with Crippen LogP contribution >= 0.6 is 39.1 Å². The molecule has 7 nitrogen and oxygen atoms in total. The van der Waals surface area contributed by atoms with Crippen molar-refractivity contribution in [1.29, 1.82) is 0 Å². The van der Waals surface area contributed by atoms with E-state index in [0.29, 0.717) is 62.3 Å². The molecule has 0 atom stereocenters. The van der Waals surface area contributed by atoms with Crippen LogP contribution in [0.25, 0.3) is 0 Å². The Morgan fingerprint density at radius 3 is 2.23 bits per heavy atom. The van der Waals surface area contributed by atoms with E-state index in [1.807, 2.05) is 26.1 Å². The maximum Gasteiger partial charge on any atom is 0.262 e. The minimum Gasteiger partial charge on any atom is -0.490 e. The van der Waals surface area contributed by atoms with Crippen LogP contribution in [0.3, 0.4) is 0 Å². The summed E-state index contributed by atoms with van der Waals surface area (Å²) in [6.07, 6.45) is 4.14. The van der Waals surface area contributed by atoms with Crippen molar-refractivity contribution in [1.82, 2.24) is 4.90 Å². The summed E-state index contributed by atoms with van der Waals surface area (Å²) in [4.78, 5) is 41.4. The SMILES string of the molecule is CCOc1cc(C2C3=C(CCCC3=O)N(C)C3=C2C(=O)CCC3)cc(Br)c1OCC(=O)Nc1ccc(Cl)c(Cl)c1. The molecule has 0 bridgehead atoms. The van der Waals surface area contributed by atoms with E-state index in [9.17, 15) is 14.4 Å². The molecule has 0 fully saturated rings. The van der Waals surface area contributed by atoms with E-state index in [-0.39, 0.29) is 18.2 Å². The lowest BCUT2D eigenvalue weighted by atomic mass is 9.71. The quantitative estimate of drug-likeness (QED) is 0.342. The first kappa shape index (κ1) is 28.7. The molecule has 5 rings (SSSR count). The van der Waals surface area contributed by atoms with Gasteiger partial charge in [0.1, 0.15) is 0 Å². The topological polar surface area (TPSA) is 84.9 Å². The molecule has 3 aliphatic rings. The number of benzene rings is 2. The summed E-state index contributed by atoms with van der Waals surface area (Å²) < 4.78 is 12.4. The molecule has 0 saturated carbocycles. The van der Waals surface area contributed by atoms with Crippen molar-refractivity contribution >= 4 is 62.3 Å². The van der Waals surface area contributed by atoms with E-state index in [2.05, 4.69) is 26.1 Å². The third kappa shape index (κ3) is 5.54. The lowest BCUT2D eigenvalue weighted by Crippen LogP contribution is -2.37. The molecule has 0 radical (unpaired) electrons. The number of hydrogen-bond acceptors (Lipinski definition) is 6. The molecule has 1 N–H and O–H groups in total. The van der Waals surface area contributed by atoms with E-state index < -0.39 is 11.8 Å². The van der Waals surface area contributed by atoms with Crippen LogP contribution in [0.5, 0.6) is 11.5 Å². The van der Waals surface area contributed by atoms with E-state index in [1.54, 1.807) is 18.2 Å². The lowest BCUT2D eigenvalue weighted by molar-refractivity contribution is -0.118. The third-order valence-electron chi connectivity index (χ3n) is 7.46. The van der Waals surface area contributed by atoms with Crippen LogP contribution in [-0.2, 0) is 14.4 Å². The van der Waals surface area contributed by atoms with Crippen LogP contribution in [0.15, 0.2) is 57.3 Å². The van der Waals surface area contributed by atoms with Crippen molar-refractivity contribution in [3.05, 3.63) is 73.0 Å². The maximum atomic E-state index is 13.3. The Labute approximate surface area is 251 Å². The molecule has 0 saturated heterocycles. The Morgan fingerprint density at radius 2 is 1.62 bits per heavy atom. The first-order chi connectivity index (χ1) is 19.2. The first-order valence-corrected chi connectivity index (χ1v) is 14.8. The van der Waals surface area contributed by atoms with E-state index >= 15 is 0 Å². The van der Waals surface area contributed by atoms with Gasteiger partial charge in [0.25, 0.3) is 5.91 Å². The standard InChI is InChI=1S/C30H29BrCl2N2O5/c1-3-39-25-13-16(12-18(31)30(25)40-15-26(38)34-17-10-11-19(32)20(33)14-17)27-28-21(6-4-8-23(28)36)35(2)22-7-5-9-24(37)29(22)27/h10-14,27H,3-9,15H2,1-2H3,(H,34,38). The number of allylic oxidation sites excluding steroid dienone is 4. The Kier molecular flexibility index (Phi) is 8.59. The summed E-state index contributed by atoms with van der Waals surface area (Å²) in [6, 6.07) is 8.50. The van der Waals surface area contributed by atoms with Crippen molar-refractivity contribution in [2.24, 2.45) is 0 Å². The second-order valence-corrected chi connectivity index (χ2v) is 11.7. The van der Waals surface area contributed by atoms with Crippen LogP contribution in [0.2, 0.25) is 10.0 Å². The lowest BCUT2D eigenvalue weighted by Gasteiger charge is -2.42. The highest BCUT2D eigenvalue weighted by molar-refractivity contribution is 9.10. The van der Waals surface area contributed by atoms with Crippen LogP contribution in [0, 0.1) is 0 Å². The normalized spacial score (nSPS) is 17.6. The van der Waals surface area contributed by atoms with Crippen LogP contribution < -0.4 is 14.8 Å². The summed E-state index contributed by atoms with van der Waals surface area (Å²) in [5.41, 5.74) is 4.68. The van der Waals surface area contributed by atoms with Crippen LogP contribution in [-0.4, -0.2) is 42.6 Å². The zero-order valence-corrected chi connectivity index (χ0v) is 25.3. The summed E-state index contributed by atoms with van der Waals surface area (Å²) in [5.74, 6) is 0.0783. The largest absolute Gasteiger partial charge is 0.490 e. The van der Waals surface area contributed by atoms with Gasteiger partial charge in [-0.15, -0.1) is 0 Å². The highest BCUT2D eigenvalue weighted by Crippen LogP contribution is 2.50. The minimum absolute atomic E-state index is 0.0800. The average molecular weight is 648 g/mol. The Balaban J connectivity index is 1.48. The second-order valence-electron chi connectivity index (χ2n) is 9.99. The predicted octanol–water partition coefficient (Wildman–Crippen LogP) is 7.22. The fourth-order valence-electron chi connectivity index (χ4n) is 5.75. The first-order valence-electron chi connectivity index (χ1n) is 13.3. The minimum atomic E-state index is -0.468.